The number of piperazine rings is 1. The van der Waals surface area contributed by atoms with E-state index in [0.29, 0.717) is 19.6 Å². The number of halogens is 1. The molecule has 2 atom stereocenters. The van der Waals surface area contributed by atoms with E-state index in [1.165, 1.54) is 6.07 Å². The molecule has 3 rings (SSSR count). The fourth-order valence-corrected chi connectivity index (χ4v) is 3.48. The van der Waals surface area contributed by atoms with Gasteiger partial charge in [-0.15, -0.1) is 0 Å². The topological polar surface area (TPSA) is 43.8 Å². The number of carbonyl (C=O) groups is 1. The van der Waals surface area contributed by atoms with Crippen LogP contribution in [0.5, 0.6) is 0 Å². The Bertz CT molecular complexity index is 529. The largest absolute Gasteiger partial charge is 0.392 e. The molecule has 1 heterocycles. The number of carbonyl (C=O) groups excluding carboxylic acids is 1. The monoisotopic (exact) mass is 306 g/mol. The van der Waals surface area contributed by atoms with E-state index in [9.17, 15) is 14.3 Å². The fourth-order valence-electron chi connectivity index (χ4n) is 3.48. The Balaban J connectivity index is 1.51. The summed E-state index contributed by atoms with van der Waals surface area (Å²) >= 11 is 0. The van der Waals surface area contributed by atoms with Gasteiger partial charge in [0.05, 0.1) is 12.0 Å². The summed E-state index contributed by atoms with van der Waals surface area (Å²) in [6.45, 7) is 3.69. The Hall–Kier alpha value is -1.46. The SMILES string of the molecule is O=C(C1CCCC1O)N1CCN(Cc2cccc(F)c2)CC1. The van der Waals surface area contributed by atoms with Gasteiger partial charge in [-0.25, -0.2) is 4.39 Å². The van der Waals surface area contributed by atoms with Crippen molar-refractivity contribution >= 4 is 5.91 Å². The Morgan fingerprint density at radius 1 is 1.23 bits per heavy atom. The van der Waals surface area contributed by atoms with Crippen LogP contribution in [0, 0.1) is 11.7 Å². The van der Waals surface area contributed by atoms with Crippen LogP contribution in [0.3, 0.4) is 0 Å². The molecule has 0 bridgehead atoms. The van der Waals surface area contributed by atoms with E-state index in [2.05, 4.69) is 4.90 Å². The molecule has 2 unspecified atom stereocenters. The average molecular weight is 306 g/mol. The van der Waals surface area contributed by atoms with Crippen molar-refractivity contribution in [3.8, 4) is 0 Å². The fraction of sp³-hybridized carbons (Fsp3) is 0.588. The second-order valence-corrected chi connectivity index (χ2v) is 6.34. The van der Waals surface area contributed by atoms with Crippen molar-refractivity contribution in [3.05, 3.63) is 35.6 Å². The average Bonchev–Trinajstić information content (AvgIpc) is 2.93. The van der Waals surface area contributed by atoms with Crippen molar-refractivity contribution in [2.75, 3.05) is 26.2 Å². The first-order chi connectivity index (χ1) is 10.6. The van der Waals surface area contributed by atoms with Crippen LogP contribution in [-0.2, 0) is 11.3 Å². The molecule has 120 valence electrons. The second-order valence-electron chi connectivity index (χ2n) is 6.34. The minimum atomic E-state index is -0.460. The highest BCUT2D eigenvalue weighted by Crippen LogP contribution is 2.27. The second kappa shape index (κ2) is 6.75. The number of benzene rings is 1. The Morgan fingerprint density at radius 2 is 2.00 bits per heavy atom. The lowest BCUT2D eigenvalue weighted by Crippen LogP contribution is -2.50. The van der Waals surface area contributed by atoms with Crippen LogP contribution in [0.4, 0.5) is 4.39 Å². The standard InChI is InChI=1S/C17H23FN2O2/c18-14-4-1-3-13(11-14)12-19-7-9-20(10-8-19)17(22)15-5-2-6-16(15)21/h1,3-4,11,15-16,21H,2,5-10,12H2. The molecule has 2 fully saturated rings. The number of nitrogens with zero attached hydrogens (tertiary/aromatic N) is 2. The molecule has 1 aromatic carbocycles. The lowest BCUT2D eigenvalue weighted by molar-refractivity contribution is -0.140. The summed E-state index contributed by atoms with van der Waals surface area (Å²) in [7, 11) is 0. The van der Waals surface area contributed by atoms with Crippen molar-refractivity contribution in [1.29, 1.82) is 0 Å². The maximum absolute atomic E-state index is 13.2. The van der Waals surface area contributed by atoms with E-state index in [1.807, 2.05) is 11.0 Å². The van der Waals surface area contributed by atoms with Crippen LogP contribution in [0.1, 0.15) is 24.8 Å². The lowest BCUT2D eigenvalue weighted by atomic mass is 10.0. The number of aliphatic hydroxyl groups is 1. The van der Waals surface area contributed by atoms with E-state index in [0.717, 1.165) is 37.9 Å². The van der Waals surface area contributed by atoms with E-state index in [4.69, 9.17) is 0 Å². The summed E-state index contributed by atoms with van der Waals surface area (Å²) < 4.78 is 13.2. The zero-order chi connectivity index (χ0) is 15.5. The normalized spacial score (nSPS) is 26.4. The van der Waals surface area contributed by atoms with Gasteiger partial charge in [-0.3, -0.25) is 9.69 Å². The highest BCUT2D eigenvalue weighted by Gasteiger charge is 2.35. The summed E-state index contributed by atoms with van der Waals surface area (Å²) in [5, 5.41) is 9.87. The molecule has 0 spiro atoms. The first-order valence-corrected chi connectivity index (χ1v) is 8.07. The minimum Gasteiger partial charge on any atom is -0.392 e. The third kappa shape index (κ3) is 3.47. The van der Waals surface area contributed by atoms with Gasteiger partial charge in [-0.05, 0) is 37.0 Å². The Kier molecular flexibility index (Phi) is 4.74. The van der Waals surface area contributed by atoms with Gasteiger partial charge in [0.25, 0.3) is 0 Å². The van der Waals surface area contributed by atoms with E-state index in [-0.39, 0.29) is 17.6 Å². The molecular formula is C17H23FN2O2. The van der Waals surface area contributed by atoms with E-state index < -0.39 is 6.10 Å². The third-order valence-corrected chi connectivity index (χ3v) is 4.78. The summed E-state index contributed by atoms with van der Waals surface area (Å²) in [6, 6.07) is 6.67. The summed E-state index contributed by atoms with van der Waals surface area (Å²) in [6.07, 6.45) is 2.04. The highest BCUT2D eigenvalue weighted by atomic mass is 19.1. The molecule has 22 heavy (non-hydrogen) atoms. The van der Waals surface area contributed by atoms with E-state index in [1.54, 1.807) is 12.1 Å². The Labute approximate surface area is 130 Å². The minimum absolute atomic E-state index is 0.107. The molecule has 5 heteroatoms. The van der Waals surface area contributed by atoms with Crippen LogP contribution in [-0.4, -0.2) is 53.1 Å². The van der Waals surface area contributed by atoms with E-state index >= 15 is 0 Å². The first-order valence-electron chi connectivity index (χ1n) is 8.07. The summed E-state index contributed by atoms with van der Waals surface area (Å²) in [5.41, 5.74) is 0.964. The number of hydrogen-bond acceptors (Lipinski definition) is 3. The number of amides is 1. The van der Waals surface area contributed by atoms with Crippen molar-refractivity contribution in [2.45, 2.75) is 31.9 Å². The molecule has 0 aromatic heterocycles. The van der Waals surface area contributed by atoms with Crippen LogP contribution in [0.25, 0.3) is 0 Å². The van der Waals surface area contributed by atoms with Crippen molar-refractivity contribution in [2.24, 2.45) is 5.92 Å². The molecule has 1 aliphatic carbocycles. The van der Waals surface area contributed by atoms with Gasteiger partial charge in [-0.2, -0.15) is 0 Å². The van der Waals surface area contributed by atoms with Gasteiger partial charge in [0.1, 0.15) is 5.82 Å². The van der Waals surface area contributed by atoms with Gasteiger partial charge in [-0.1, -0.05) is 12.1 Å². The molecule has 1 aliphatic heterocycles. The predicted molar refractivity (Wildman–Crippen MR) is 81.6 cm³/mol. The van der Waals surface area contributed by atoms with Crippen molar-refractivity contribution in [3.63, 3.8) is 0 Å². The first kappa shape index (κ1) is 15.4. The number of aliphatic hydroxyl groups excluding tert-OH is 1. The summed E-state index contributed by atoms with van der Waals surface area (Å²) in [4.78, 5) is 16.5. The third-order valence-electron chi connectivity index (χ3n) is 4.78. The molecular weight excluding hydrogens is 283 g/mol. The lowest BCUT2D eigenvalue weighted by Gasteiger charge is -2.36. The zero-order valence-electron chi connectivity index (χ0n) is 12.7. The molecule has 1 saturated heterocycles. The summed E-state index contributed by atoms with van der Waals surface area (Å²) in [5.74, 6) is -0.299. The zero-order valence-corrected chi connectivity index (χ0v) is 12.7. The van der Waals surface area contributed by atoms with Crippen molar-refractivity contribution < 1.29 is 14.3 Å². The van der Waals surface area contributed by atoms with Gasteiger partial charge in [0.2, 0.25) is 5.91 Å². The maximum Gasteiger partial charge on any atom is 0.228 e. The molecule has 0 radical (unpaired) electrons. The van der Waals surface area contributed by atoms with Crippen LogP contribution < -0.4 is 0 Å². The number of hydrogen-bond donors (Lipinski definition) is 1. The predicted octanol–water partition coefficient (Wildman–Crippen LogP) is 1.63. The van der Waals surface area contributed by atoms with Crippen molar-refractivity contribution in [1.82, 2.24) is 9.80 Å². The molecule has 1 N–H and O–H groups in total. The van der Waals surface area contributed by atoms with Gasteiger partial charge in [0, 0.05) is 32.7 Å². The Morgan fingerprint density at radius 3 is 2.64 bits per heavy atom. The highest BCUT2D eigenvalue weighted by molar-refractivity contribution is 5.79. The van der Waals surface area contributed by atoms with Crippen LogP contribution in [0.2, 0.25) is 0 Å². The molecule has 4 nitrogen and oxygen atoms in total. The molecule has 1 saturated carbocycles. The quantitative estimate of drug-likeness (QED) is 0.923. The number of rotatable bonds is 3. The van der Waals surface area contributed by atoms with Gasteiger partial charge < -0.3 is 10.0 Å². The van der Waals surface area contributed by atoms with Crippen LogP contribution in [0.15, 0.2) is 24.3 Å². The van der Waals surface area contributed by atoms with Gasteiger partial charge in [0.15, 0.2) is 0 Å². The molecule has 1 amide bonds. The molecule has 2 aliphatic rings. The molecule has 1 aromatic rings. The smallest absolute Gasteiger partial charge is 0.228 e. The van der Waals surface area contributed by atoms with Gasteiger partial charge >= 0.3 is 0 Å². The maximum atomic E-state index is 13.2. The van der Waals surface area contributed by atoms with Crippen LogP contribution >= 0.6 is 0 Å².